The van der Waals surface area contributed by atoms with E-state index >= 15 is 0 Å². The summed E-state index contributed by atoms with van der Waals surface area (Å²) in [4.78, 5) is 36.1. The van der Waals surface area contributed by atoms with E-state index in [1.165, 1.54) is 23.7 Å². The Morgan fingerprint density at radius 3 is 2.65 bits per heavy atom. The zero-order chi connectivity index (χ0) is 16.2. The summed E-state index contributed by atoms with van der Waals surface area (Å²) in [6.45, 7) is 0.191. The van der Waals surface area contributed by atoms with Crippen LogP contribution < -0.4 is 5.32 Å². The van der Waals surface area contributed by atoms with Gasteiger partial charge in [0, 0.05) is 17.8 Å². The smallest absolute Gasteiger partial charge is 0.356 e. The Bertz CT molecular complexity index is 845. The van der Waals surface area contributed by atoms with Gasteiger partial charge in [-0.1, -0.05) is 6.07 Å². The molecule has 0 unspecified atom stereocenters. The fraction of sp³-hybridized carbons (Fsp3) is 0.0714. The Kier molecular flexibility index (Phi) is 4.40. The SMILES string of the molecule is O=C(O)c1nccnc1C(=O)NCc1csc(-c2cccs2)n1. The van der Waals surface area contributed by atoms with Crippen LogP contribution in [0.15, 0.2) is 35.3 Å². The third-order valence-electron chi connectivity index (χ3n) is 2.83. The summed E-state index contributed by atoms with van der Waals surface area (Å²) in [6.07, 6.45) is 2.51. The van der Waals surface area contributed by atoms with Crippen molar-refractivity contribution in [2.75, 3.05) is 0 Å². The van der Waals surface area contributed by atoms with Gasteiger partial charge in [0.15, 0.2) is 11.4 Å². The van der Waals surface area contributed by atoms with Crippen molar-refractivity contribution in [2.45, 2.75) is 6.54 Å². The standard InChI is InChI=1S/C14H10N4O3S2/c19-12(10-11(14(20)21)16-4-3-15-10)17-6-8-7-23-13(18-8)9-2-1-5-22-9/h1-5,7H,6H2,(H,17,19)(H,20,21). The average Bonchev–Trinajstić information content (AvgIpc) is 3.23. The van der Waals surface area contributed by atoms with Crippen LogP contribution >= 0.6 is 22.7 Å². The van der Waals surface area contributed by atoms with E-state index < -0.39 is 11.9 Å². The number of carbonyl (C=O) groups is 2. The Morgan fingerprint density at radius 1 is 1.17 bits per heavy atom. The summed E-state index contributed by atoms with van der Waals surface area (Å²) < 4.78 is 0. The van der Waals surface area contributed by atoms with Crippen molar-refractivity contribution in [1.29, 1.82) is 0 Å². The summed E-state index contributed by atoms with van der Waals surface area (Å²) in [6, 6.07) is 3.93. The predicted molar refractivity (Wildman–Crippen MR) is 85.6 cm³/mol. The molecule has 3 aromatic rings. The molecule has 23 heavy (non-hydrogen) atoms. The van der Waals surface area contributed by atoms with Crippen molar-refractivity contribution in [3.63, 3.8) is 0 Å². The second kappa shape index (κ2) is 6.63. The summed E-state index contributed by atoms with van der Waals surface area (Å²) in [5.74, 6) is -1.89. The Morgan fingerprint density at radius 2 is 1.96 bits per heavy atom. The van der Waals surface area contributed by atoms with Crippen LogP contribution in [0.25, 0.3) is 9.88 Å². The maximum atomic E-state index is 12.1. The second-order valence-electron chi connectivity index (χ2n) is 4.36. The molecule has 0 aliphatic carbocycles. The molecule has 0 atom stereocenters. The number of rotatable bonds is 5. The molecular formula is C14H10N4O3S2. The van der Waals surface area contributed by atoms with Crippen molar-refractivity contribution < 1.29 is 14.7 Å². The number of carboxylic acid groups (broad SMARTS) is 1. The minimum atomic E-state index is -1.29. The summed E-state index contributed by atoms with van der Waals surface area (Å²) in [5.41, 5.74) is 0.115. The molecule has 1 amide bonds. The molecule has 0 bridgehead atoms. The molecule has 0 aliphatic heterocycles. The number of carboxylic acids is 1. The molecule has 3 heterocycles. The van der Waals surface area contributed by atoms with E-state index in [-0.39, 0.29) is 17.9 Å². The zero-order valence-corrected chi connectivity index (χ0v) is 13.2. The van der Waals surface area contributed by atoms with Crippen molar-refractivity contribution >= 4 is 34.6 Å². The molecule has 7 nitrogen and oxygen atoms in total. The zero-order valence-electron chi connectivity index (χ0n) is 11.6. The molecule has 0 aliphatic rings. The van der Waals surface area contributed by atoms with Gasteiger partial charge in [-0.2, -0.15) is 0 Å². The minimum Gasteiger partial charge on any atom is -0.476 e. The number of carbonyl (C=O) groups excluding carboxylic acids is 1. The normalized spacial score (nSPS) is 10.4. The van der Waals surface area contributed by atoms with Gasteiger partial charge >= 0.3 is 5.97 Å². The fourth-order valence-corrected chi connectivity index (χ4v) is 3.45. The summed E-state index contributed by atoms with van der Waals surface area (Å²) in [7, 11) is 0. The highest BCUT2D eigenvalue weighted by molar-refractivity contribution is 7.20. The van der Waals surface area contributed by atoms with Crippen LogP contribution in [0.3, 0.4) is 0 Å². The third-order valence-corrected chi connectivity index (χ3v) is 4.76. The van der Waals surface area contributed by atoms with Crippen LogP contribution in [0.5, 0.6) is 0 Å². The number of hydrogen-bond acceptors (Lipinski definition) is 7. The van der Waals surface area contributed by atoms with Gasteiger partial charge in [0.1, 0.15) is 5.01 Å². The van der Waals surface area contributed by atoms with E-state index in [0.717, 1.165) is 9.88 Å². The van der Waals surface area contributed by atoms with Crippen LogP contribution in [0.1, 0.15) is 26.7 Å². The highest BCUT2D eigenvalue weighted by Gasteiger charge is 2.19. The maximum absolute atomic E-state index is 12.1. The lowest BCUT2D eigenvalue weighted by molar-refractivity contribution is 0.0683. The molecule has 0 radical (unpaired) electrons. The van der Waals surface area contributed by atoms with E-state index in [0.29, 0.717) is 5.69 Å². The van der Waals surface area contributed by atoms with Crippen molar-refractivity contribution in [3.8, 4) is 9.88 Å². The van der Waals surface area contributed by atoms with Crippen molar-refractivity contribution in [3.05, 3.63) is 52.4 Å². The first-order valence-electron chi connectivity index (χ1n) is 6.46. The second-order valence-corrected chi connectivity index (χ2v) is 6.17. The lowest BCUT2D eigenvalue weighted by Gasteiger charge is -2.04. The fourth-order valence-electron chi connectivity index (χ4n) is 1.82. The van der Waals surface area contributed by atoms with Crippen LogP contribution in [-0.2, 0) is 6.54 Å². The average molecular weight is 346 g/mol. The molecule has 116 valence electrons. The predicted octanol–water partition coefficient (Wildman–Crippen LogP) is 2.29. The number of hydrogen-bond donors (Lipinski definition) is 2. The van der Waals surface area contributed by atoms with Gasteiger partial charge in [-0.05, 0) is 11.4 Å². The molecule has 9 heteroatoms. The number of aromatic nitrogens is 3. The van der Waals surface area contributed by atoms with E-state index in [1.54, 1.807) is 11.3 Å². The van der Waals surface area contributed by atoms with Crippen LogP contribution in [0, 0.1) is 0 Å². The Labute approximate surface area is 138 Å². The number of thiophene rings is 1. The molecule has 0 saturated carbocycles. The lowest BCUT2D eigenvalue weighted by Crippen LogP contribution is -2.26. The molecule has 0 saturated heterocycles. The highest BCUT2D eigenvalue weighted by atomic mass is 32.1. The summed E-state index contributed by atoms with van der Waals surface area (Å²) in [5, 5.41) is 16.3. The first-order chi connectivity index (χ1) is 11.1. The third kappa shape index (κ3) is 3.41. The quantitative estimate of drug-likeness (QED) is 0.734. The van der Waals surface area contributed by atoms with Crippen molar-refractivity contribution in [1.82, 2.24) is 20.3 Å². The maximum Gasteiger partial charge on any atom is 0.356 e. The number of nitrogens with zero attached hydrogens (tertiary/aromatic N) is 3. The first-order valence-corrected chi connectivity index (χ1v) is 8.22. The lowest BCUT2D eigenvalue weighted by atomic mass is 10.3. The van der Waals surface area contributed by atoms with Crippen LogP contribution in [0.2, 0.25) is 0 Å². The number of nitrogens with one attached hydrogen (secondary N) is 1. The molecule has 2 N–H and O–H groups in total. The highest BCUT2D eigenvalue weighted by Crippen LogP contribution is 2.27. The van der Waals surface area contributed by atoms with Gasteiger partial charge in [-0.25, -0.2) is 19.7 Å². The molecule has 0 spiro atoms. The van der Waals surface area contributed by atoms with Gasteiger partial charge in [-0.15, -0.1) is 22.7 Å². The molecule has 0 fully saturated rings. The number of aromatic carboxylic acids is 1. The topological polar surface area (TPSA) is 105 Å². The van der Waals surface area contributed by atoms with Gasteiger partial charge in [-0.3, -0.25) is 4.79 Å². The van der Waals surface area contributed by atoms with E-state index in [2.05, 4.69) is 20.3 Å². The van der Waals surface area contributed by atoms with E-state index in [9.17, 15) is 9.59 Å². The molecule has 0 aromatic carbocycles. The first kappa shape index (κ1) is 15.3. The summed E-state index contributed by atoms with van der Waals surface area (Å²) >= 11 is 3.08. The Balaban J connectivity index is 1.69. The van der Waals surface area contributed by atoms with Crippen LogP contribution in [0.4, 0.5) is 0 Å². The monoisotopic (exact) mass is 346 g/mol. The van der Waals surface area contributed by atoms with E-state index in [1.807, 2.05) is 22.9 Å². The molecular weight excluding hydrogens is 336 g/mol. The van der Waals surface area contributed by atoms with Gasteiger partial charge in [0.05, 0.1) is 17.1 Å². The minimum absolute atomic E-state index is 0.191. The van der Waals surface area contributed by atoms with E-state index in [4.69, 9.17) is 5.11 Å². The van der Waals surface area contributed by atoms with Crippen molar-refractivity contribution in [2.24, 2.45) is 0 Å². The van der Waals surface area contributed by atoms with Crippen LogP contribution in [-0.4, -0.2) is 31.9 Å². The van der Waals surface area contributed by atoms with Gasteiger partial charge in [0.25, 0.3) is 5.91 Å². The molecule has 3 aromatic heterocycles. The largest absolute Gasteiger partial charge is 0.476 e. The number of thiazole rings is 1. The van der Waals surface area contributed by atoms with Gasteiger partial charge in [0.2, 0.25) is 0 Å². The Hall–Kier alpha value is -2.65. The van der Waals surface area contributed by atoms with Gasteiger partial charge < -0.3 is 10.4 Å². The number of amides is 1. The molecule has 3 rings (SSSR count).